The second kappa shape index (κ2) is 7.51. The molecule has 2 N–H and O–H groups in total. The summed E-state index contributed by atoms with van der Waals surface area (Å²) in [4.78, 5) is 4.30. The smallest absolute Gasteiger partial charge is 0.193 e. The summed E-state index contributed by atoms with van der Waals surface area (Å²) in [7, 11) is 1.59. The van der Waals surface area contributed by atoms with Gasteiger partial charge in [0, 0.05) is 22.5 Å². The Hall–Kier alpha value is -3.30. The van der Waals surface area contributed by atoms with Crippen molar-refractivity contribution in [3.63, 3.8) is 0 Å². The highest BCUT2D eigenvalue weighted by molar-refractivity contribution is 6.30. The quantitative estimate of drug-likeness (QED) is 0.665. The van der Waals surface area contributed by atoms with E-state index < -0.39 is 0 Å². The van der Waals surface area contributed by atoms with Crippen molar-refractivity contribution >= 4 is 35.1 Å². The number of aromatic nitrogens is 2. The number of anilines is 2. The van der Waals surface area contributed by atoms with E-state index in [-0.39, 0.29) is 5.82 Å². The largest absolute Gasteiger partial charge is 0.496 e. The van der Waals surface area contributed by atoms with Crippen molar-refractivity contribution in [3.05, 3.63) is 64.7 Å². The molecule has 0 spiro atoms. The van der Waals surface area contributed by atoms with Crippen LogP contribution in [0.3, 0.4) is 0 Å². The van der Waals surface area contributed by atoms with Gasteiger partial charge in [-0.1, -0.05) is 29.8 Å². The monoisotopic (exact) mass is 351 g/mol. The van der Waals surface area contributed by atoms with Gasteiger partial charge >= 0.3 is 0 Å². The Bertz CT molecular complexity index is 958. The second-order valence-electron chi connectivity index (χ2n) is 5.04. The van der Waals surface area contributed by atoms with Gasteiger partial charge in [-0.05, 0) is 30.3 Å². The van der Waals surface area contributed by atoms with Gasteiger partial charge in [-0.25, -0.2) is 4.99 Å². The number of para-hydroxylation sites is 1. The van der Waals surface area contributed by atoms with Gasteiger partial charge in [-0.2, -0.15) is 10.4 Å². The topological polar surface area (TPSA) is 86.1 Å². The third-order valence-corrected chi connectivity index (χ3v) is 3.65. The molecule has 3 aromatic rings. The van der Waals surface area contributed by atoms with Crippen molar-refractivity contribution in [3.8, 4) is 11.8 Å². The lowest BCUT2D eigenvalue weighted by Crippen LogP contribution is -1.92. The maximum Gasteiger partial charge on any atom is 0.193 e. The molecule has 124 valence electrons. The Labute approximate surface area is 149 Å². The highest BCUT2D eigenvalue weighted by Gasteiger charge is 2.12. The number of rotatable bonds is 5. The van der Waals surface area contributed by atoms with E-state index >= 15 is 0 Å². The molecule has 0 atom stereocenters. The first-order valence-corrected chi connectivity index (χ1v) is 7.77. The number of halogens is 1. The minimum absolute atomic E-state index is 0.290. The number of H-pyrrole nitrogens is 1. The van der Waals surface area contributed by atoms with Gasteiger partial charge < -0.3 is 10.1 Å². The summed E-state index contributed by atoms with van der Waals surface area (Å²) in [5.74, 6) is 1.44. The Morgan fingerprint density at radius 1 is 1.28 bits per heavy atom. The van der Waals surface area contributed by atoms with E-state index in [0.717, 1.165) is 11.3 Å². The van der Waals surface area contributed by atoms with Gasteiger partial charge in [-0.15, -0.1) is 0 Å². The number of ether oxygens (including phenoxy) is 1. The molecule has 1 aromatic heterocycles. The standard InChI is InChI=1S/C18H14ClN5O/c1-25-16-8-3-2-5-12(16)11-21-17-15(10-20)18(24-23-17)22-14-7-4-6-13(19)9-14/h2-9,11H,1H3,(H2,22,23,24). The van der Waals surface area contributed by atoms with Crippen molar-refractivity contribution in [2.45, 2.75) is 0 Å². The molecule has 0 unspecified atom stereocenters. The first kappa shape index (κ1) is 16.6. The zero-order valence-electron chi connectivity index (χ0n) is 13.3. The molecule has 0 aliphatic carbocycles. The predicted molar refractivity (Wildman–Crippen MR) is 98.3 cm³/mol. The van der Waals surface area contributed by atoms with Gasteiger partial charge in [0.1, 0.15) is 23.2 Å². The van der Waals surface area contributed by atoms with Crippen molar-refractivity contribution in [2.75, 3.05) is 12.4 Å². The van der Waals surface area contributed by atoms with E-state index in [4.69, 9.17) is 16.3 Å². The fraction of sp³-hybridized carbons (Fsp3) is 0.0556. The van der Waals surface area contributed by atoms with Gasteiger partial charge in [-0.3, -0.25) is 5.10 Å². The average molecular weight is 352 g/mol. The molecule has 0 amide bonds. The summed E-state index contributed by atoms with van der Waals surface area (Å²) in [6.07, 6.45) is 1.61. The number of aliphatic imine (C=N–C) groups is 1. The van der Waals surface area contributed by atoms with Crippen molar-refractivity contribution < 1.29 is 4.74 Å². The van der Waals surface area contributed by atoms with Crippen LogP contribution < -0.4 is 10.1 Å². The number of hydrogen-bond acceptors (Lipinski definition) is 5. The molecule has 0 saturated heterocycles. The molecule has 0 saturated carbocycles. The molecule has 0 bridgehead atoms. The molecular weight excluding hydrogens is 338 g/mol. The van der Waals surface area contributed by atoms with E-state index in [0.29, 0.717) is 22.2 Å². The SMILES string of the molecule is COc1ccccc1C=Nc1n[nH]c(Nc2cccc(Cl)c2)c1C#N. The van der Waals surface area contributed by atoms with Crippen LogP contribution in [0.5, 0.6) is 5.75 Å². The summed E-state index contributed by atoms with van der Waals surface area (Å²) < 4.78 is 5.28. The molecule has 0 fully saturated rings. The number of nitrogens with zero attached hydrogens (tertiary/aromatic N) is 3. The van der Waals surface area contributed by atoms with E-state index in [1.165, 1.54) is 0 Å². The maximum atomic E-state index is 9.44. The fourth-order valence-electron chi connectivity index (χ4n) is 2.24. The summed E-state index contributed by atoms with van der Waals surface area (Å²) >= 11 is 5.97. The van der Waals surface area contributed by atoms with Crippen LogP contribution in [0.1, 0.15) is 11.1 Å². The number of benzene rings is 2. The molecule has 0 aliphatic rings. The molecule has 3 rings (SSSR count). The van der Waals surface area contributed by atoms with Crippen LogP contribution in [0, 0.1) is 11.3 Å². The predicted octanol–water partition coefficient (Wildman–Crippen LogP) is 4.44. The molecule has 2 aromatic carbocycles. The lowest BCUT2D eigenvalue weighted by Gasteiger charge is -2.04. The number of hydrogen-bond donors (Lipinski definition) is 2. The average Bonchev–Trinajstić information content (AvgIpc) is 3.01. The van der Waals surface area contributed by atoms with E-state index in [1.807, 2.05) is 36.4 Å². The van der Waals surface area contributed by atoms with Crippen LogP contribution in [0.25, 0.3) is 0 Å². The number of nitrogens with one attached hydrogen (secondary N) is 2. The first-order chi connectivity index (χ1) is 12.2. The second-order valence-corrected chi connectivity index (χ2v) is 5.48. The minimum Gasteiger partial charge on any atom is -0.496 e. The third kappa shape index (κ3) is 3.79. The van der Waals surface area contributed by atoms with Gasteiger partial charge in [0.15, 0.2) is 5.82 Å². The van der Waals surface area contributed by atoms with Gasteiger partial charge in [0.25, 0.3) is 0 Å². The molecule has 0 radical (unpaired) electrons. The normalized spacial score (nSPS) is 10.6. The Balaban J connectivity index is 1.87. The van der Waals surface area contributed by atoms with E-state index in [9.17, 15) is 5.26 Å². The summed E-state index contributed by atoms with van der Waals surface area (Å²) in [5.41, 5.74) is 1.85. The van der Waals surface area contributed by atoms with Gasteiger partial charge in [0.05, 0.1) is 7.11 Å². The molecule has 6 nitrogen and oxygen atoms in total. The Kier molecular flexibility index (Phi) is 4.97. The van der Waals surface area contributed by atoms with Crippen LogP contribution in [0.15, 0.2) is 53.5 Å². The fourth-order valence-corrected chi connectivity index (χ4v) is 2.43. The number of methoxy groups -OCH3 is 1. The molecule has 1 heterocycles. The van der Waals surface area contributed by atoms with E-state index in [1.54, 1.807) is 25.5 Å². The zero-order valence-corrected chi connectivity index (χ0v) is 14.1. The lowest BCUT2D eigenvalue weighted by atomic mass is 10.2. The molecule has 7 heteroatoms. The highest BCUT2D eigenvalue weighted by Crippen LogP contribution is 2.27. The Morgan fingerprint density at radius 3 is 2.88 bits per heavy atom. The van der Waals surface area contributed by atoms with Crippen LogP contribution >= 0.6 is 11.6 Å². The van der Waals surface area contributed by atoms with Crippen molar-refractivity contribution in [1.82, 2.24) is 10.2 Å². The Morgan fingerprint density at radius 2 is 2.12 bits per heavy atom. The number of aromatic amines is 1. The molecule has 0 aliphatic heterocycles. The highest BCUT2D eigenvalue weighted by atomic mass is 35.5. The summed E-state index contributed by atoms with van der Waals surface area (Å²) in [6, 6.07) is 16.7. The van der Waals surface area contributed by atoms with Crippen molar-refractivity contribution in [1.29, 1.82) is 5.26 Å². The lowest BCUT2D eigenvalue weighted by molar-refractivity contribution is 0.414. The summed E-state index contributed by atoms with van der Waals surface area (Å²) in [6.45, 7) is 0. The first-order valence-electron chi connectivity index (χ1n) is 7.39. The van der Waals surface area contributed by atoms with Crippen LogP contribution in [-0.2, 0) is 0 Å². The van der Waals surface area contributed by atoms with Crippen LogP contribution in [-0.4, -0.2) is 23.5 Å². The van der Waals surface area contributed by atoms with E-state index in [2.05, 4.69) is 26.6 Å². The minimum atomic E-state index is 0.290. The summed E-state index contributed by atoms with van der Waals surface area (Å²) in [5, 5.41) is 20.0. The molecule has 25 heavy (non-hydrogen) atoms. The zero-order chi connectivity index (χ0) is 17.6. The molecular formula is C18H14ClN5O. The number of nitriles is 1. The maximum absolute atomic E-state index is 9.44. The van der Waals surface area contributed by atoms with Crippen LogP contribution in [0.2, 0.25) is 5.02 Å². The van der Waals surface area contributed by atoms with Gasteiger partial charge in [0.2, 0.25) is 0 Å². The van der Waals surface area contributed by atoms with Crippen molar-refractivity contribution in [2.24, 2.45) is 4.99 Å². The van der Waals surface area contributed by atoms with Crippen LogP contribution in [0.4, 0.5) is 17.3 Å². The third-order valence-electron chi connectivity index (χ3n) is 3.42.